The summed E-state index contributed by atoms with van der Waals surface area (Å²) in [6.45, 7) is 5.60. The Bertz CT molecular complexity index is 506. The second-order valence-corrected chi connectivity index (χ2v) is 5.03. The number of benzene rings is 1. The Morgan fingerprint density at radius 3 is 2.57 bits per heavy atom. The summed E-state index contributed by atoms with van der Waals surface area (Å²) in [7, 11) is 2.00. The Hall–Kier alpha value is -1.74. The zero-order chi connectivity index (χ0) is 16.0. The Kier molecular flexibility index (Phi) is 6.03. The summed E-state index contributed by atoms with van der Waals surface area (Å²) in [6, 6.07) is 5.59. The highest BCUT2D eigenvalue weighted by atomic mass is 19.4. The molecular formula is C15H20F3N3. The number of hydrogen-bond acceptors (Lipinski definition) is 3. The van der Waals surface area contributed by atoms with E-state index in [9.17, 15) is 13.2 Å². The van der Waals surface area contributed by atoms with Gasteiger partial charge in [0.25, 0.3) is 0 Å². The first-order chi connectivity index (χ1) is 9.79. The average Bonchev–Trinajstić information content (AvgIpc) is 2.44. The van der Waals surface area contributed by atoms with Crippen LogP contribution in [-0.4, -0.2) is 31.1 Å². The van der Waals surface area contributed by atoms with E-state index in [1.165, 1.54) is 12.1 Å². The molecular weight excluding hydrogens is 279 g/mol. The second-order valence-electron chi connectivity index (χ2n) is 5.03. The van der Waals surface area contributed by atoms with Crippen LogP contribution < -0.4 is 5.32 Å². The number of rotatable bonds is 6. The summed E-state index contributed by atoms with van der Waals surface area (Å²) >= 11 is 0. The van der Waals surface area contributed by atoms with Crippen molar-refractivity contribution in [1.29, 1.82) is 5.26 Å². The van der Waals surface area contributed by atoms with Gasteiger partial charge in [0.1, 0.15) is 0 Å². The smallest absolute Gasteiger partial charge is 0.384 e. The van der Waals surface area contributed by atoms with Crippen LogP contribution in [0.15, 0.2) is 18.2 Å². The van der Waals surface area contributed by atoms with Gasteiger partial charge in [0.2, 0.25) is 0 Å². The van der Waals surface area contributed by atoms with Crippen molar-refractivity contribution in [1.82, 2.24) is 4.90 Å². The fraction of sp³-hybridized carbons (Fsp3) is 0.533. The Morgan fingerprint density at radius 2 is 2.05 bits per heavy atom. The van der Waals surface area contributed by atoms with Gasteiger partial charge in [-0.15, -0.1) is 0 Å². The van der Waals surface area contributed by atoms with Crippen molar-refractivity contribution in [3.63, 3.8) is 0 Å². The minimum Gasteiger partial charge on any atom is -0.384 e. The standard InChI is InChI=1S/C15H20F3N3/c1-4-11(2)21(3)8-7-20-13-5-6-14(15(16,17)18)12(9-13)10-19/h5-6,9,11,20H,4,7-8H2,1-3H3. The predicted molar refractivity (Wildman–Crippen MR) is 77.0 cm³/mol. The molecule has 0 amide bonds. The highest BCUT2D eigenvalue weighted by Gasteiger charge is 2.33. The first-order valence-corrected chi connectivity index (χ1v) is 6.85. The number of halogens is 3. The van der Waals surface area contributed by atoms with E-state index in [1.54, 1.807) is 6.07 Å². The van der Waals surface area contributed by atoms with Crippen LogP contribution in [0.4, 0.5) is 18.9 Å². The maximum Gasteiger partial charge on any atom is 0.417 e. The topological polar surface area (TPSA) is 39.1 Å². The summed E-state index contributed by atoms with van der Waals surface area (Å²) in [5, 5.41) is 11.9. The van der Waals surface area contributed by atoms with Gasteiger partial charge in [0.05, 0.1) is 17.2 Å². The van der Waals surface area contributed by atoms with Crippen LogP contribution in [0.3, 0.4) is 0 Å². The fourth-order valence-electron chi connectivity index (χ4n) is 1.90. The molecule has 0 spiro atoms. The van der Waals surface area contributed by atoms with Crippen molar-refractivity contribution in [3.8, 4) is 6.07 Å². The lowest BCUT2D eigenvalue weighted by molar-refractivity contribution is -0.137. The SMILES string of the molecule is CCC(C)N(C)CCNc1ccc(C(F)(F)F)c(C#N)c1. The zero-order valence-corrected chi connectivity index (χ0v) is 12.5. The zero-order valence-electron chi connectivity index (χ0n) is 12.5. The lowest BCUT2D eigenvalue weighted by Gasteiger charge is -2.23. The molecule has 0 bridgehead atoms. The molecule has 1 aromatic carbocycles. The number of nitriles is 1. The van der Waals surface area contributed by atoms with E-state index in [2.05, 4.69) is 24.1 Å². The van der Waals surface area contributed by atoms with Crippen LogP contribution in [0.1, 0.15) is 31.4 Å². The number of hydrogen-bond donors (Lipinski definition) is 1. The van der Waals surface area contributed by atoms with Gasteiger partial charge in [-0.2, -0.15) is 18.4 Å². The lowest BCUT2D eigenvalue weighted by Crippen LogP contribution is -2.32. The van der Waals surface area contributed by atoms with Gasteiger partial charge in [-0.1, -0.05) is 6.92 Å². The number of anilines is 1. The van der Waals surface area contributed by atoms with Gasteiger partial charge in [0, 0.05) is 24.8 Å². The molecule has 1 unspecified atom stereocenters. The molecule has 0 saturated carbocycles. The molecule has 1 aromatic rings. The van der Waals surface area contributed by atoms with Crippen LogP contribution in [-0.2, 0) is 6.18 Å². The molecule has 116 valence electrons. The number of alkyl halides is 3. The van der Waals surface area contributed by atoms with Crippen LogP contribution in [0.25, 0.3) is 0 Å². The molecule has 1 N–H and O–H groups in total. The highest BCUT2D eigenvalue weighted by Crippen LogP contribution is 2.32. The molecule has 0 aliphatic rings. The number of likely N-dealkylation sites (N-methyl/N-ethyl adjacent to an activating group) is 1. The molecule has 21 heavy (non-hydrogen) atoms. The molecule has 0 aliphatic carbocycles. The van der Waals surface area contributed by atoms with E-state index in [4.69, 9.17) is 5.26 Å². The Labute approximate surface area is 123 Å². The van der Waals surface area contributed by atoms with Gasteiger partial charge < -0.3 is 10.2 Å². The van der Waals surface area contributed by atoms with Crippen LogP contribution in [0, 0.1) is 11.3 Å². The monoisotopic (exact) mass is 299 g/mol. The quantitative estimate of drug-likeness (QED) is 0.870. The van der Waals surface area contributed by atoms with E-state index in [0.29, 0.717) is 18.3 Å². The molecule has 0 radical (unpaired) electrons. The van der Waals surface area contributed by atoms with Gasteiger partial charge >= 0.3 is 6.18 Å². The predicted octanol–water partition coefficient (Wildman–Crippen LogP) is 3.72. The van der Waals surface area contributed by atoms with Crippen LogP contribution in [0.2, 0.25) is 0 Å². The second kappa shape index (κ2) is 7.32. The van der Waals surface area contributed by atoms with Crippen molar-refractivity contribution in [3.05, 3.63) is 29.3 Å². The van der Waals surface area contributed by atoms with E-state index in [0.717, 1.165) is 19.0 Å². The largest absolute Gasteiger partial charge is 0.417 e. The molecule has 0 heterocycles. The molecule has 0 aromatic heterocycles. The van der Waals surface area contributed by atoms with E-state index in [1.807, 2.05) is 7.05 Å². The summed E-state index contributed by atoms with van der Waals surface area (Å²) in [4.78, 5) is 2.17. The lowest BCUT2D eigenvalue weighted by atomic mass is 10.1. The maximum absolute atomic E-state index is 12.7. The highest BCUT2D eigenvalue weighted by molar-refractivity contribution is 5.53. The molecule has 3 nitrogen and oxygen atoms in total. The first kappa shape index (κ1) is 17.3. The average molecular weight is 299 g/mol. The summed E-state index contributed by atoms with van der Waals surface area (Å²) in [6.07, 6.45) is -3.46. The normalized spacial score (nSPS) is 13.0. The fourth-order valence-corrected chi connectivity index (χ4v) is 1.90. The minimum atomic E-state index is -4.50. The van der Waals surface area contributed by atoms with Crippen molar-refractivity contribution in [2.45, 2.75) is 32.5 Å². The number of nitrogens with zero attached hydrogens (tertiary/aromatic N) is 2. The van der Waals surface area contributed by atoms with Crippen LogP contribution in [0.5, 0.6) is 0 Å². The summed E-state index contributed by atoms with van der Waals surface area (Å²) in [5.74, 6) is 0. The van der Waals surface area contributed by atoms with Crippen molar-refractivity contribution in [2.75, 3.05) is 25.5 Å². The Balaban J connectivity index is 2.68. The molecule has 6 heteroatoms. The third-order valence-corrected chi connectivity index (χ3v) is 3.58. The first-order valence-electron chi connectivity index (χ1n) is 6.85. The number of nitrogens with one attached hydrogen (secondary N) is 1. The summed E-state index contributed by atoms with van der Waals surface area (Å²) < 4.78 is 38.0. The van der Waals surface area contributed by atoms with Gasteiger partial charge in [0.15, 0.2) is 0 Å². The maximum atomic E-state index is 12.7. The molecule has 0 saturated heterocycles. The van der Waals surface area contributed by atoms with Crippen LogP contribution >= 0.6 is 0 Å². The third kappa shape index (κ3) is 4.94. The van der Waals surface area contributed by atoms with Crippen molar-refractivity contribution < 1.29 is 13.2 Å². The Morgan fingerprint density at radius 1 is 1.38 bits per heavy atom. The van der Waals surface area contributed by atoms with E-state index >= 15 is 0 Å². The third-order valence-electron chi connectivity index (χ3n) is 3.58. The molecule has 1 atom stereocenters. The molecule has 0 fully saturated rings. The van der Waals surface area contributed by atoms with Gasteiger partial charge in [-0.25, -0.2) is 0 Å². The van der Waals surface area contributed by atoms with Crippen molar-refractivity contribution in [2.24, 2.45) is 0 Å². The minimum absolute atomic E-state index is 0.359. The summed E-state index contributed by atoms with van der Waals surface area (Å²) in [5.41, 5.74) is -0.729. The van der Waals surface area contributed by atoms with E-state index in [-0.39, 0.29) is 5.56 Å². The van der Waals surface area contributed by atoms with Crippen molar-refractivity contribution >= 4 is 5.69 Å². The molecule has 1 rings (SSSR count). The molecule has 0 aliphatic heterocycles. The van der Waals surface area contributed by atoms with Gasteiger partial charge in [-0.05, 0) is 38.6 Å². The van der Waals surface area contributed by atoms with E-state index < -0.39 is 11.7 Å². The van der Waals surface area contributed by atoms with Gasteiger partial charge in [-0.3, -0.25) is 0 Å².